The molecule has 1 aromatic carbocycles. The van der Waals surface area contributed by atoms with Crippen molar-refractivity contribution in [3.63, 3.8) is 0 Å². The van der Waals surface area contributed by atoms with Crippen molar-refractivity contribution in [2.75, 3.05) is 57.4 Å². The molecule has 39 heavy (non-hydrogen) atoms. The van der Waals surface area contributed by atoms with Gasteiger partial charge >= 0.3 is 0 Å². The highest BCUT2D eigenvalue weighted by Gasteiger charge is 2.32. The summed E-state index contributed by atoms with van der Waals surface area (Å²) >= 11 is 0. The zero-order valence-electron chi connectivity index (χ0n) is 22.7. The molecule has 1 aliphatic carbocycles. The lowest BCUT2D eigenvalue weighted by Crippen LogP contribution is -2.53. The molecule has 2 saturated heterocycles. The Hall–Kier alpha value is -3.57. The Kier molecular flexibility index (Phi) is 6.19. The van der Waals surface area contributed by atoms with Crippen molar-refractivity contribution in [3.8, 4) is 5.95 Å². The summed E-state index contributed by atoms with van der Waals surface area (Å²) in [6, 6.07) is 8.76. The van der Waals surface area contributed by atoms with Crippen molar-refractivity contribution in [3.05, 3.63) is 35.9 Å². The van der Waals surface area contributed by atoms with E-state index in [4.69, 9.17) is 24.7 Å². The molecule has 0 spiro atoms. The average molecular weight is 530 g/mol. The van der Waals surface area contributed by atoms with E-state index < -0.39 is 0 Å². The number of hydrogen-bond donors (Lipinski definition) is 0. The van der Waals surface area contributed by atoms with Crippen LogP contribution >= 0.6 is 0 Å². The molecule has 204 valence electrons. The van der Waals surface area contributed by atoms with Gasteiger partial charge in [-0.1, -0.05) is 25.5 Å². The maximum absolute atomic E-state index is 13.8. The minimum atomic E-state index is -0.0411. The van der Waals surface area contributed by atoms with Gasteiger partial charge in [0.05, 0.1) is 24.2 Å². The number of benzene rings is 1. The first-order valence-electron chi connectivity index (χ1n) is 14.2. The molecular weight excluding hydrogens is 494 g/mol. The molecule has 1 amide bonds. The summed E-state index contributed by atoms with van der Waals surface area (Å²) in [5.41, 5.74) is 3.18. The topological polar surface area (TPSA) is 97.4 Å². The molecule has 5 heterocycles. The average Bonchev–Trinajstić information content (AvgIpc) is 3.49. The normalized spacial score (nSPS) is 19.2. The quantitative estimate of drug-likeness (QED) is 0.389. The van der Waals surface area contributed by atoms with E-state index in [1.165, 1.54) is 19.3 Å². The third-order valence-corrected chi connectivity index (χ3v) is 8.53. The molecule has 2 aliphatic heterocycles. The predicted molar refractivity (Wildman–Crippen MR) is 148 cm³/mol. The number of anilines is 1. The lowest BCUT2D eigenvalue weighted by Gasteiger charge is -2.42. The van der Waals surface area contributed by atoms with E-state index in [0.29, 0.717) is 55.3 Å². The van der Waals surface area contributed by atoms with Gasteiger partial charge in [0.25, 0.3) is 5.91 Å². The number of morpholine rings is 1. The van der Waals surface area contributed by atoms with Crippen LogP contribution in [0, 0.1) is 0 Å². The van der Waals surface area contributed by atoms with Crippen LogP contribution < -0.4 is 4.90 Å². The van der Waals surface area contributed by atoms with Crippen LogP contribution in [-0.2, 0) is 18.2 Å². The van der Waals surface area contributed by atoms with Gasteiger partial charge in [0.15, 0.2) is 17.0 Å². The molecule has 4 aromatic rings. The molecule has 11 heteroatoms. The highest BCUT2D eigenvalue weighted by Crippen LogP contribution is 2.29. The van der Waals surface area contributed by atoms with Crippen LogP contribution in [0.4, 0.5) is 5.82 Å². The Labute approximate surface area is 227 Å². The highest BCUT2D eigenvalue weighted by molar-refractivity contribution is 5.96. The number of para-hydroxylation sites is 2. The second kappa shape index (κ2) is 9.87. The number of piperazine rings is 1. The number of fused-ring (bicyclic) bond motifs is 2. The van der Waals surface area contributed by atoms with Gasteiger partial charge in [-0.3, -0.25) is 14.3 Å². The van der Waals surface area contributed by atoms with Gasteiger partial charge < -0.3 is 19.1 Å². The first kappa shape index (κ1) is 24.5. The number of carbonyl (C=O) groups excluding carboxylic acids is 1. The number of imidazole rings is 2. The number of carbonyl (C=O) groups is 1. The Morgan fingerprint density at radius 1 is 0.974 bits per heavy atom. The van der Waals surface area contributed by atoms with Crippen molar-refractivity contribution in [2.24, 2.45) is 7.05 Å². The van der Waals surface area contributed by atoms with Crippen LogP contribution in [-0.4, -0.2) is 103 Å². The third kappa shape index (κ3) is 4.15. The summed E-state index contributed by atoms with van der Waals surface area (Å²) in [6.45, 7) is 8.06. The van der Waals surface area contributed by atoms with Gasteiger partial charge in [-0.15, -0.1) is 0 Å². The number of aromatic nitrogens is 6. The van der Waals surface area contributed by atoms with Crippen molar-refractivity contribution >= 4 is 33.9 Å². The number of nitrogens with zero attached hydrogens (tertiary/aromatic N) is 9. The predicted octanol–water partition coefficient (Wildman–Crippen LogP) is 2.41. The zero-order chi connectivity index (χ0) is 26.5. The lowest BCUT2D eigenvalue weighted by atomic mass is 9.91. The molecule has 0 bridgehead atoms. The molecule has 1 saturated carbocycles. The largest absolute Gasteiger partial charge is 0.378 e. The Morgan fingerprint density at radius 2 is 1.74 bits per heavy atom. The van der Waals surface area contributed by atoms with E-state index in [1.807, 2.05) is 45.3 Å². The van der Waals surface area contributed by atoms with E-state index in [9.17, 15) is 4.79 Å². The number of hydrogen-bond acceptors (Lipinski definition) is 8. The second-order valence-corrected chi connectivity index (χ2v) is 10.7. The number of aryl methyl sites for hydroxylation is 2. The van der Waals surface area contributed by atoms with Crippen LogP contribution in [0.3, 0.4) is 0 Å². The fourth-order valence-electron chi connectivity index (χ4n) is 6.04. The fraction of sp³-hybridized carbons (Fsp3) is 0.536. The van der Waals surface area contributed by atoms with E-state index in [-0.39, 0.29) is 5.91 Å². The van der Waals surface area contributed by atoms with Crippen LogP contribution in [0.5, 0.6) is 0 Å². The van der Waals surface area contributed by atoms with Crippen LogP contribution in [0.15, 0.2) is 24.3 Å². The summed E-state index contributed by atoms with van der Waals surface area (Å²) in [5.74, 6) is 2.55. The van der Waals surface area contributed by atoms with Crippen molar-refractivity contribution in [1.82, 2.24) is 38.9 Å². The van der Waals surface area contributed by atoms with Crippen LogP contribution in [0.25, 0.3) is 28.1 Å². The number of ether oxygens (including phenoxy) is 1. The molecule has 3 aliphatic rings. The van der Waals surface area contributed by atoms with Crippen molar-refractivity contribution in [1.29, 1.82) is 0 Å². The maximum atomic E-state index is 13.8. The van der Waals surface area contributed by atoms with Gasteiger partial charge in [0, 0.05) is 58.8 Å². The van der Waals surface area contributed by atoms with E-state index >= 15 is 0 Å². The van der Waals surface area contributed by atoms with Gasteiger partial charge in [0.1, 0.15) is 5.82 Å². The van der Waals surface area contributed by atoms with Gasteiger partial charge in [-0.25, -0.2) is 9.97 Å². The van der Waals surface area contributed by atoms with E-state index in [1.54, 1.807) is 0 Å². The molecule has 7 rings (SSSR count). The third-order valence-electron chi connectivity index (χ3n) is 8.53. The summed E-state index contributed by atoms with van der Waals surface area (Å²) in [5, 5.41) is 0. The molecule has 11 nitrogen and oxygen atoms in total. The SMILES string of the molecule is CCc1nc2ccccc2n1-c1nc(N2CCOCC2)c2nc(C(=O)N3CCN(C4CCC4)CC3)n(C)c2n1. The van der Waals surface area contributed by atoms with Gasteiger partial charge in [0.2, 0.25) is 11.8 Å². The standard InChI is InChI=1S/C28H35N9O2/c1-3-22-29-20-9-4-5-10-21(20)37(22)28-31-24-23(25(32-28)35-15-17-39-18-16-35)30-26(33(24)2)27(38)36-13-11-34(12-14-36)19-7-6-8-19/h4-5,9-10,19H,3,6-8,11-18H2,1-2H3. The van der Waals surface area contributed by atoms with E-state index in [0.717, 1.165) is 55.3 Å². The first-order valence-corrected chi connectivity index (χ1v) is 14.2. The van der Waals surface area contributed by atoms with Crippen LogP contribution in [0.2, 0.25) is 0 Å². The molecule has 0 radical (unpaired) electrons. The summed E-state index contributed by atoms with van der Waals surface area (Å²) in [4.78, 5) is 40.2. The summed E-state index contributed by atoms with van der Waals surface area (Å²) in [7, 11) is 1.89. The van der Waals surface area contributed by atoms with Crippen molar-refractivity contribution < 1.29 is 9.53 Å². The minimum Gasteiger partial charge on any atom is -0.378 e. The summed E-state index contributed by atoms with van der Waals surface area (Å²) < 4.78 is 9.50. The number of amides is 1. The maximum Gasteiger partial charge on any atom is 0.290 e. The minimum absolute atomic E-state index is 0.0411. The molecule has 3 fully saturated rings. The first-order chi connectivity index (χ1) is 19.1. The monoisotopic (exact) mass is 529 g/mol. The van der Waals surface area contributed by atoms with E-state index in [2.05, 4.69) is 16.7 Å². The fourth-order valence-corrected chi connectivity index (χ4v) is 6.04. The molecular formula is C28H35N9O2. The van der Waals surface area contributed by atoms with Crippen molar-refractivity contribution in [2.45, 2.75) is 38.6 Å². The lowest BCUT2D eigenvalue weighted by molar-refractivity contribution is 0.0444. The molecule has 3 aromatic heterocycles. The molecule has 0 unspecified atom stereocenters. The molecule has 0 atom stereocenters. The van der Waals surface area contributed by atoms with Gasteiger partial charge in [-0.2, -0.15) is 9.97 Å². The smallest absolute Gasteiger partial charge is 0.290 e. The molecule has 0 N–H and O–H groups in total. The Bertz CT molecular complexity index is 1530. The second-order valence-electron chi connectivity index (χ2n) is 10.7. The van der Waals surface area contributed by atoms with Crippen LogP contribution in [0.1, 0.15) is 42.6 Å². The zero-order valence-corrected chi connectivity index (χ0v) is 22.7. The van der Waals surface area contributed by atoms with Gasteiger partial charge in [-0.05, 0) is 25.0 Å². The Morgan fingerprint density at radius 3 is 2.46 bits per heavy atom. The highest BCUT2D eigenvalue weighted by atomic mass is 16.5. The summed E-state index contributed by atoms with van der Waals surface area (Å²) in [6.07, 6.45) is 4.64. The number of rotatable bonds is 5. The Balaban J connectivity index is 1.31.